The van der Waals surface area contributed by atoms with Crippen molar-refractivity contribution in [3.8, 4) is 0 Å². The Hall–Kier alpha value is -0.870. The average Bonchev–Trinajstić information content (AvgIpc) is 2.69. The van der Waals surface area contributed by atoms with Gasteiger partial charge in [0.15, 0.2) is 5.78 Å². The van der Waals surface area contributed by atoms with Crippen molar-refractivity contribution >= 4 is 27.2 Å². The summed E-state index contributed by atoms with van der Waals surface area (Å²) in [6, 6.07) is -0.168. The van der Waals surface area contributed by atoms with Crippen molar-refractivity contribution in [3.63, 3.8) is 0 Å². The highest BCUT2D eigenvalue weighted by Crippen LogP contribution is 2.18. The summed E-state index contributed by atoms with van der Waals surface area (Å²) >= 11 is 1.17. The molecule has 0 amide bonds. The van der Waals surface area contributed by atoms with Gasteiger partial charge in [0.1, 0.15) is 22.6 Å². The van der Waals surface area contributed by atoms with Crippen LogP contribution < -0.4 is 10.6 Å². The third kappa shape index (κ3) is 3.07. The first-order valence-electron chi connectivity index (χ1n) is 6.37. The quantitative estimate of drug-likeness (QED) is 0.539. The van der Waals surface area contributed by atoms with E-state index in [1.54, 1.807) is 5.38 Å². The summed E-state index contributed by atoms with van der Waals surface area (Å²) in [6.45, 7) is 1.94. The van der Waals surface area contributed by atoms with Crippen LogP contribution in [0.15, 0.2) is 5.38 Å². The summed E-state index contributed by atoms with van der Waals surface area (Å²) in [6.07, 6.45) is 0.530. The predicted octanol–water partition coefficient (Wildman–Crippen LogP) is -0.494. The molecule has 2 fully saturated rings. The average molecular weight is 317 g/mol. The van der Waals surface area contributed by atoms with Gasteiger partial charge in [-0.15, -0.1) is 11.3 Å². The third-order valence-corrected chi connectivity index (χ3v) is 5.50. The van der Waals surface area contributed by atoms with E-state index in [9.17, 15) is 13.2 Å². The Kier molecular flexibility index (Phi) is 3.87. The smallest absolute Gasteiger partial charge is 0.274 e. The maximum Gasteiger partial charge on any atom is 0.274 e. The van der Waals surface area contributed by atoms with Crippen molar-refractivity contribution in [3.05, 3.63) is 16.1 Å². The molecular formula is C11H15N3O4S2. The normalized spacial score (nSPS) is 23.1. The fourth-order valence-corrected chi connectivity index (χ4v) is 4.16. The lowest BCUT2D eigenvalue weighted by Gasteiger charge is -2.26. The van der Waals surface area contributed by atoms with Crippen molar-refractivity contribution < 1.29 is 17.4 Å². The minimum absolute atomic E-state index is 0.0692. The van der Waals surface area contributed by atoms with Crippen molar-refractivity contribution in [2.45, 2.75) is 24.3 Å². The van der Waals surface area contributed by atoms with E-state index in [1.165, 1.54) is 11.3 Å². The summed E-state index contributed by atoms with van der Waals surface area (Å²) in [5, 5.41) is 7.94. The van der Waals surface area contributed by atoms with Gasteiger partial charge in [-0.3, -0.25) is 8.98 Å². The summed E-state index contributed by atoms with van der Waals surface area (Å²) < 4.78 is 28.6. The molecule has 7 nitrogen and oxygen atoms in total. The molecule has 2 aliphatic heterocycles. The number of carbonyl (C=O) groups excluding carboxylic acids is 1. The molecule has 2 N–H and O–H groups in total. The van der Waals surface area contributed by atoms with Gasteiger partial charge in [-0.05, 0) is 13.0 Å². The van der Waals surface area contributed by atoms with Gasteiger partial charge in [0.25, 0.3) is 10.1 Å². The summed E-state index contributed by atoms with van der Waals surface area (Å²) in [5.41, 5.74) is 0.336. The molecule has 1 atom stereocenters. The molecular weight excluding hydrogens is 302 g/mol. The minimum Gasteiger partial charge on any atom is -0.311 e. The minimum atomic E-state index is -3.64. The molecule has 2 aliphatic rings. The Balaban J connectivity index is 1.62. The number of hydrogen-bond acceptors (Lipinski definition) is 8. The highest BCUT2D eigenvalue weighted by Gasteiger charge is 2.29. The predicted molar refractivity (Wildman–Crippen MR) is 73.2 cm³/mol. The van der Waals surface area contributed by atoms with Crippen LogP contribution in [-0.2, 0) is 20.1 Å². The maximum absolute atomic E-state index is 11.9. The van der Waals surface area contributed by atoms with Gasteiger partial charge in [0.05, 0.1) is 6.04 Å². The van der Waals surface area contributed by atoms with Crippen molar-refractivity contribution in [1.82, 2.24) is 15.6 Å². The molecule has 3 heterocycles. The third-order valence-electron chi connectivity index (χ3n) is 3.27. The Morgan fingerprint density at radius 3 is 2.80 bits per heavy atom. The van der Waals surface area contributed by atoms with Crippen LogP contribution in [0.5, 0.6) is 0 Å². The van der Waals surface area contributed by atoms with Gasteiger partial charge in [0, 0.05) is 18.5 Å². The van der Waals surface area contributed by atoms with Crippen LogP contribution in [0, 0.1) is 0 Å². The molecule has 0 saturated carbocycles. The molecule has 3 rings (SSSR count). The number of nitrogens with zero attached hydrogens (tertiary/aromatic N) is 1. The molecule has 1 aromatic heterocycles. The highest BCUT2D eigenvalue weighted by molar-refractivity contribution is 7.86. The monoisotopic (exact) mass is 317 g/mol. The van der Waals surface area contributed by atoms with Gasteiger partial charge in [-0.25, -0.2) is 4.98 Å². The lowest BCUT2D eigenvalue weighted by atomic mass is 10.0. The summed E-state index contributed by atoms with van der Waals surface area (Å²) in [7, 11) is -3.64. The van der Waals surface area contributed by atoms with Crippen LogP contribution in [0.1, 0.15) is 21.9 Å². The van der Waals surface area contributed by atoms with E-state index in [0.29, 0.717) is 23.8 Å². The van der Waals surface area contributed by atoms with Crippen molar-refractivity contribution in [1.29, 1.82) is 0 Å². The largest absolute Gasteiger partial charge is 0.311 e. The van der Waals surface area contributed by atoms with E-state index in [0.717, 1.165) is 13.0 Å². The molecule has 110 valence electrons. The second kappa shape index (κ2) is 5.49. The highest BCUT2D eigenvalue weighted by atomic mass is 32.2. The van der Waals surface area contributed by atoms with Crippen LogP contribution in [0.25, 0.3) is 0 Å². The van der Waals surface area contributed by atoms with E-state index in [1.807, 2.05) is 0 Å². The van der Waals surface area contributed by atoms with Gasteiger partial charge in [0.2, 0.25) is 0 Å². The van der Waals surface area contributed by atoms with E-state index in [4.69, 9.17) is 4.18 Å². The van der Waals surface area contributed by atoms with Crippen LogP contribution in [0.3, 0.4) is 0 Å². The number of Topliss-reactive ketones (excluding diaryl/α,β-unsaturated/α-hetero) is 1. The van der Waals surface area contributed by atoms with E-state index >= 15 is 0 Å². The SMILES string of the molecule is O=C(c1csc(CS(=O)(=O)OC2CNC2)n1)C1CCN1. The van der Waals surface area contributed by atoms with E-state index < -0.39 is 10.1 Å². The number of nitrogens with one attached hydrogen (secondary N) is 2. The van der Waals surface area contributed by atoms with Gasteiger partial charge in [-0.1, -0.05) is 0 Å². The van der Waals surface area contributed by atoms with Gasteiger partial charge in [-0.2, -0.15) is 8.42 Å². The zero-order valence-electron chi connectivity index (χ0n) is 10.7. The fraction of sp³-hybridized carbons (Fsp3) is 0.636. The molecule has 1 unspecified atom stereocenters. The molecule has 0 radical (unpaired) electrons. The first-order chi connectivity index (χ1) is 9.53. The van der Waals surface area contributed by atoms with Gasteiger partial charge >= 0.3 is 0 Å². The molecule has 2 saturated heterocycles. The Morgan fingerprint density at radius 1 is 1.50 bits per heavy atom. The molecule has 0 spiro atoms. The molecule has 0 aliphatic carbocycles. The van der Waals surface area contributed by atoms with Gasteiger partial charge < -0.3 is 10.6 Å². The van der Waals surface area contributed by atoms with Crippen LogP contribution in [0.2, 0.25) is 0 Å². The summed E-state index contributed by atoms with van der Waals surface area (Å²) in [5.74, 6) is -0.347. The topological polar surface area (TPSA) is 97.4 Å². The van der Waals surface area contributed by atoms with E-state index in [-0.39, 0.29) is 23.7 Å². The Bertz CT molecular complexity index is 605. The van der Waals surface area contributed by atoms with Crippen LogP contribution in [0.4, 0.5) is 0 Å². The summed E-state index contributed by atoms with van der Waals surface area (Å²) in [4.78, 5) is 16.0. The first kappa shape index (κ1) is 14.1. The van der Waals surface area contributed by atoms with Crippen LogP contribution >= 0.6 is 11.3 Å². The second-order valence-electron chi connectivity index (χ2n) is 4.86. The molecule has 20 heavy (non-hydrogen) atoms. The lowest BCUT2D eigenvalue weighted by Crippen LogP contribution is -2.49. The maximum atomic E-state index is 11.9. The zero-order chi connectivity index (χ0) is 14.2. The Labute approximate surface area is 120 Å². The molecule has 0 aromatic carbocycles. The standard InChI is InChI=1S/C11H15N3O4S2/c15-11(8-1-2-13-8)9-5-19-10(14-9)6-20(16,17)18-7-3-12-4-7/h5,7-8,12-13H,1-4,6H2. The first-order valence-corrected chi connectivity index (χ1v) is 8.83. The molecule has 1 aromatic rings. The number of rotatable bonds is 6. The van der Waals surface area contributed by atoms with E-state index in [2.05, 4.69) is 15.6 Å². The zero-order valence-corrected chi connectivity index (χ0v) is 12.3. The lowest BCUT2D eigenvalue weighted by molar-refractivity contribution is 0.0899. The van der Waals surface area contributed by atoms with Crippen molar-refractivity contribution in [2.24, 2.45) is 0 Å². The number of ketones is 1. The number of carbonyl (C=O) groups is 1. The molecule has 9 heteroatoms. The molecule has 0 bridgehead atoms. The Morgan fingerprint density at radius 2 is 2.25 bits per heavy atom. The number of thiazole rings is 1. The van der Waals surface area contributed by atoms with Crippen LogP contribution in [-0.4, -0.2) is 51.0 Å². The fourth-order valence-electron chi connectivity index (χ4n) is 1.90. The number of aromatic nitrogens is 1. The second-order valence-corrected chi connectivity index (χ2v) is 7.40. The van der Waals surface area contributed by atoms with Crippen molar-refractivity contribution in [2.75, 3.05) is 19.6 Å². The number of hydrogen-bond donors (Lipinski definition) is 2.